The molecule has 2 aromatic rings. The van der Waals surface area contributed by atoms with Crippen LogP contribution in [0.1, 0.15) is 15.9 Å². The van der Waals surface area contributed by atoms with Crippen molar-refractivity contribution in [2.24, 2.45) is 0 Å². The van der Waals surface area contributed by atoms with Gasteiger partial charge in [-0.1, -0.05) is 30.3 Å². The van der Waals surface area contributed by atoms with Crippen LogP contribution in [-0.4, -0.2) is 30.2 Å². The smallest absolute Gasteiger partial charge is 0.207 e. The van der Waals surface area contributed by atoms with Gasteiger partial charge in [-0.05, 0) is 11.6 Å². The second-order valence-electron chi connectivity index (χ2n) is 4.44. The zero-order chi connectivity index (χ0) is 15.4. The Morgan fingerprint density at radius 2 is 1.71 bits per heavy atom. The fourth-order valence-corrected chi connectivity index (χ4v) is 2.05. The average molecular weight is 288 g/mol. The van der Waals surface area contributed by atoms with E-state index in [2.05, 4.69) is 0 Å². The number of ether oxygens (including phenoxy) is 2. The van der Waals surface area contributed by atoms with Crippen LogP contribution in [0, 0.1) is 0 Å². The third-order valence-corrected chi connectivity index (χ3v) is 3.13. The molecule has 21 heavy (non-hydrogen) atoms. The monoisotopic (exact) mass is 288 g/mol. The van der Waals surface area contributed by atoms with Gasteiger partial charge >= 0.3 is 0 Å². The molecule has 0 aliphatic heterocycles. The molecule has 2 aromatic carbocycles. The van der Waals surface area contributed by atoms with Gasteiger partial charge < -0.3 is 19.7 Å². The molecule has 0 amide bonds. The van der Waals surface area contributed by atoms with E-state index in [-0.39, 0.29) is 29.3 Å². The highest BCUT2D eigenvalue weighted by atomic mass is 16.5. The molecule has 0 unspecified atom stereocenters. The lowest BCUT2D eigenvalue weighted by Crippen LogP contribution is -2.05. The number of Topliss-reactive ketones (excluding diaryl/α,β-unsaturated/α-hetero) is 1. The minimum Gasteiger partial charge on any atom is -0.504 e. The number of aromatic hydroxyl groups is 2. The van der Waals surface area contributed by atoms with Gasteiger partial charge in [-0.15, -0.1) is 0 Å². The number of hydrogen-bond acceptors (Lipinski definition) is 5. The first kappa shape index (κ1) is 14.7. The van der Waals surface area contributed by atoms with Gasteiger partial charge in [0.1, 0.15) is 0 Å². The molecule has 0 atom stereocenters. The van der Waals surface area contributed by atoms with E-state index in [0.29, 0.717) is 0 Å². The molecule has 0 fully saturated rings. The van der Waals surface area contributed by atoms with Crippen LogP contribution in [0.5, 0.6) is 23.0 Å². The molecule has 5 heteroatoms. The van der Waals surface area contributed by atoms with Crippen LogP contribution in [0.3, 0.4) is 0 Å². The highest BCUT2D eigenvalue weighted by molar-refractivity contribution is 6.01. The Balaban J connectivity index is 2.39. The third kappa shape index (κ3) is 2.91. The van der Waals surface area contributed by atoms with Gasteiger partial charge in [0.25, 0.3) is 0 Å². The van der Waals surface area contributed by atoms with Gasteiger partial charge in [-0.3, -0.25) is 4.79 Å². The second kappa shape index (κ2) is 6.17. The van der Waals surface area contributed by atoms with Crippen LogP contribution < -0.4 is 9.47 Å². The van der Waals surface area contributed by atoms with E-state index in [9.17, 15) is 15.0 Å². The van der Waals surface area contributed by atoms with Crippen LogP contribution in [0.15, 0.2) is 36.4 Å². The number of phenolic OH excluding ortho intramolecular Hbond substituents is 2. The van der Waals surface area contributed by atoms with Crippen molar-refractivity contribution >= 4 is 5.78 Å². The summed E-state index contributed by atoms with van der Waals surface area (Å²) in [5.74, 6) is -1.16. The topological polar surface area (TPSA) is 76.0 Å². The minimum absolute atomic E-state index is 0.00555. The maximum absolute atomic E-state index is 12.3. The van der Waals surface area contributed by atoms with Gasteiger partial charge in [0, 0.05) is 6.42 Å². The molecule has 0 saturated heterocycles. The molecule has 2 N–H and O–H groups in total. The second-order valence-corrected chi connectivity index (χ2v) is 4.44. The van der Waals surface area contributed by atoms with Gasteiger partial charge in [-0.25, -0.2) is 0 Å². The average Bonchev–Trinajstić information content (AvgIpc) is 2.50. The summed E-state index contributed by atoms with van der Waals surface area (Å²) >= 11 is 0. The van der Waals surface area contributed by atoms with Crippen LogP contribution in [0.2, 0.25) is 0 Å². The highest BCUT2D eigenvalue weighted by Gasteiger charge is 2.22. The number of benzene rings is 2. The molecule has 0 bridgehead atoms. The quantitative estimate of drug-likeness (QED) is 0.653. The highest BCUT2D eigenvalue weighted by Crippen LogP contribution is 2.45. The van der Waals surface area contributed by atoms with Gasteiger partial charge in [0.2, 0.25) is 11.5 Å². The summed E-state index contributed by atoms with van der Waals surface area (Å²) in [6.45, 7) is 0. The minimum atomic E-state index is -0.506. The molecule has 0 saturated carbocycles. The molecular weight excluding hydrogens is 272 g/mol. The summed E-state index contributed by atoms with van der Waals surface area (Å²) in [4.78, 5) is 12.3. The Bertz CT molecular complexity index is 649. The van der Waals surface area contributed by atoms with E-state index in [0.717, 1.165) is 5.56 Å². The Labute approximate surface area is 122 Å². The lowest BCUT2D eigenvalue weighted by atomic mass is 10.0. The van der Waals surface area contributed by atoms with Gasteiger partial charge in [0.15, 0.2) is 17.3 Å². The standard InChI is InChI=1S/C16H16O5/c1-20-13-9-11(14(18)15(19)16(13)21-2)12(17)8-10-6-4-3-5-7-10/h3-7,9,18-19H,8H2,1-2H3. The largest absolute Gasteiger partial charge is 0.504 e. The lowest BCUT2D eigenvalue weighted by Gasteiger charge is -2.13. The number of carbonyl (C=O) groups excluding carboxylic acids is 1. The van der Waals surface area contributed by atoms with Crippen LogP contribution in [-0.2, 0) is 6.42 Å². The molecule has 0 aliphatic carbocycles. The van der Waals surface area contributed by atoms with Crippen molar-refractivity contribution in [2.75, 3.05) is 14.2 Å². The zero-order valence-electron chi connectivity index (χ0n) is 11.8. The van der Waals surface area contributed by atoms with E-state index in [1.165, 1.54) is 20.3 Å². The van der Waals surface area contributed by atoms with E-state index < -0.39 is 11.5 Å². The van der Waals surface area contributed by atoms with Crippen molar-refractivity contribution < 1.29 is 24.5 Å². The van der Waals surface area contributed by atoms with Crippen molar-refractivity contribution in [1.82, 2.24) is 0 Å². The van der Waals surface area contributed by atoms with Gasteiger partial charge in [-0.2, -0.15) is 0 Å². The lowest BCUT2D eigenvalue weighted by molar-refractivity contribution is 0.0989. The summed E-state index contributed by atoms with van der Waals surface area (Å²) in [6.07, 6.45) is 0.114. The third-order valence-electron chi connectivity index (χ3n) is 3.13. The molecule has 0 aliphatic rings. The maximum Gasteiger partial charge on any atom is 0.207 e. The van der Waals surface area contributed by atoms with E-state index in [1.54, 1.807) is 0 Å². The molecule has 0 aromatic heterocycles. The Hall–Kier alpha value is -2.69. The molecule has 0 spiro atoms. The van der Waals surface area contributed by atoms with Crippen LogP contribution in [0.25, 0.3) is 0 Å². The Kier molecular flexibility index (Phi) is 4.33. The molecule has 0 heterocycles. The normalized spacial score (nSPS) is 10.2. The number of methoxy groups -OCH3 is 2. The fraction of sp³-hybridized carbons (Fsp3) is 0.188. The number of carbonyl (C=O) groups is 1. The predicted molar refractivity (Wildman–Crippen MR) is 77.4 cm³/mol. The number of phenols is 2. The fourth-order valence-electron chi connectivity index (χ4n) is 2.05. The SMILES string of the molecule is COc1cc(C(=O)Cc2ccccc2)c(O)c(O)c1OC. The van der Waals surface area contributed by atoms with Gasteiger partial charge in [0.05, 0.1) is 19.8 Å². The number of ketones is 1. The summed E-state index contributed by atoms with van der Waals surface area (Å²) in [7, 11) is 2.72. The number of rotatable bonds is 5. The first-order valence-corrected chi connectivity index (χ1v) is 6.32. The van der Waals surface area contributed by atoms with Crippen molar-refractivity contribution in [3.63, 3.8) is 0 Å². The summed E-state index contributed by atoms with van der Waals surface area (Å²) in [6, 6.07) is 10.5. The van der Waals surface area contributed by atoms with Crippen LogP contribution >= 0.6 is 0 Å². The predicted octanol–water partition coefficient (Wildman–Crippen LogP) is 2.54. The van der Waals surface area contributed by atoms with Crippen molar-refractivity contribution in [2.45, 2.75) is 6.42 Å². The molecule has 0 radical (unpaired) electrons. The zero-order valence-corrected chi connectivity index (χ0v) is 11.8. The summed E-state index contributed by atoms with van der Waals surface area (Å²) in [5, 5.41) is 19.9. The Morgan fingerprint density at radius 3 is 2.29 bits per heavy atom. The van der Waals surface area contributed by atoms with Crippen molar-refractivity contribution in [3.8, 4) is 23.0 Å². The Morgan fingerprint density at radius 1 is 1.05 bits per heavy atom. The van der Waals surface area contributed by atoms with Crippen molar-refractivity contribution in [1.29, 1.82) is 0 Å². The van der Waals surface area contributed by atoms with E-state index in [4.69, 9.17) is 9.47 Å². The van der Waals surface area contributed by atoms with E-state index >= 15 is 0 Å². The first-order chi connectivity index (χ1) is 10.1. The number of hydrogen-bond donors (Lipinski definition) is 2. The molecule has 2 rings (SSSR count). The summed E-state index contributed by atoms with van der Waals surface area (Å²) < 4.78 is 10.0. The molecule has 5 nitrogen and oxygen atoms in total. The van der Waals surface area contributed by atoms with Crippen molar-refractivity contribution in [3.05, 3.63) is 47.5 Å². The van der Waals surface area contributed by atoms with Crippen LogP contribution in [0.4, 0.5) is 0 Å². The molecular formula is C16H16O5. The first-order valence-electron chi connectivity index (χ1n) is 6.32. The maximum atomic E-state index is 12.3. The molecule has 110 valence electrons. The summed E-state index contributed by atoms with van der Waals surface area (Å²) in [5.41, 5.74) is 0.810. The van der Waals surface area contributed by atoms with E-state index in [1.807, 2.05) is 30.3 Å².